The van der Waals surface area contributed by atoms with E-state index in [-0.39, 0.29) is 5.91 Å². The van der Waals surface area contributed by atoms with Gasteiger partial charge in [0.25, 0.3) is 5.91 Å². The van der Waals surface area contributed by atoms with Crippen LogP contribution in [0.15, 0.2) is 116 Å². The van der Waals surface area contributed by atoms with E-state index in [1.165, 1.54) is 11.8 Å². The zero-order chi connectivity index (χ0) is 25.8. The molecule has 0 saturated carbocycles. The van der Waals surface area contributed by atoms with Gasteiger partial charge in [-0.3, -0.25) is 9.69 Å². The van der Waals surface area contributed by atoms with E-state index < -0.39 is 0 Å². The summed E-state index contributed by atoms with van der Waals surface area (Å²) in [6, 6.07) is 30.6. The van der Waals surface area contributed by atoms with Gasteiger partial charge in [-0.15, -0.1) is 0 Å². The van der Waals surface area contributed by atoms with Crippen molar-refractivity contribution in [1.82, 2.24) is 0 Å². The van der Waals surface area contributed by atoms with Gasteiger partial charge in [-0.05, 0) is 109 Å². The second-order valence-electron chi connectivity index (χ2n) is 8.05. The molecule has 1 saturated heterocycles. The fourth-order valence-electron chi connectivity index (χ4n) is 3.65. The maximum absolute atomic E-state index is 13.5. The second-order valence-corrected chi connectivity index (χ2v) is 11.2. The Morgan fingerprint density at radius 3 is 2.16 bits per heavy atom. The SMILES string of the molecule is O=C1/C(=C\c2cc(Br)c(OCc3ccc(Cl)cc3)c(Br)c2)SC(=Nc2ccccc2)N1c1ccccc1. The molecule has 1 aliphatic heterocycles. The summed E-state index contributed by atoms with van der Waals surface area (Å²) < 4.78 is 7.59. The Balaban J connectivity index is 1.43. The molecular weight excluding hydrogens is 636 g/mol. The van der Waals surface area contributed by atoms with Gasteiger partial charge in [0.05, 0.1) is 25.2 Å². The van der Waals surface area contributed by atoms with Crippen LogP contribution in [-0.2, 0) is 11.4 Å². The fraction of sp³-hybridized carbons (Fsp3) is 0.0345. The lowest BCUT2D eigenvalue weighted by Gasteiger charge is -2.15. The Labute approximate surface area is 241 Å². The Kier molecular flexibility index (Phi) is 8.15. The normalized spacial score (nSPS) is 15.5. The summed E-state index contributed by atoms with van der Waals surface area (Å²) in [4.78, 5) is 20.5. The lowest BCUT2D eigenvalue weighted by molar-refractivity contribution is -0.113. The third-order valence-corrected chi connectivity index (χ3v) is 7.82. The molecule has 0 radical (unpaired) electrons. The summed E-state index contributed by atoms with van der Waals surface area (Å²) >= 11 is 14.6. The van der Waals surface area contributed by atoms with E-state index in [1.807, 2.05) is 103 Å². The van der Waals surface area contributed by atoms with Crippen LogP contribution in [0.5, 0.6) is 5.75 Å². The molecule has 1 heterocycles. The number of anilines is 1. The third-order valence-electron chi connectivity index (χ3n) is 5.42. The van der Waals surface area contributed by atoms with E-state index in [0.717, 1.165) is 31.4 Å². The number of amides is 1. The van der Waals surface area contributed by atoms with E-state index in [9.17, 15) is 4.79 Å². The summed E-state index contributed by atoms with van der Waals surface area (Å²) in [6.07, 6.45) is 1.87. The Morgan fingerprint density at radius 1 is 0.892 bits per heavy atom. The number of benzene rings is 4. The van der Waals surface area contributed by atoms with Gasteiger partial charge >= 0.3 is 0 Å². The summed E-state index contributed by atoms with van der Waals surface area (Å²) in [5, 5.41) is 1.29. The van der Waals surface area contributed by atoms with Crippen molar-refractivity contribution in [1.29, 1.82) is 0 Å². The number of aliphatic imine (C=N–C) groups is 1. The maximum Gasteiger partial charge on any atom is 0.271 e. The van der Waals surface area contributed by atoms with Crippen LogP contribution in [0.3, 0.4) is 0 Å². The zero-order valence-corrected chi connectivity index (χ0v) is 24.0. The minimum atomic E-state index is -0.124. The van der Waals surface area contributed by atoms with E-state index in [0.29, 0.717) is 27.5 Å². The Hall–Kier alpha value is -2.84. The first-order valence-corrected chi connectivity index (χ1v) is 14.0. The molecule has 4 nitrogen and oxygen atoms in total. The molecule has 0 bridgehead atoms. The number of hydrogen-bond donors (Lipinski definition) is 0. The van der Waals surface area contributed by atoms with Crippen LogP contribution in [0.4, 0.5) is 11.4 Å². The first-order chi connectivity index (χ1) is 18.0. The molecule has 4 aromatic carbocycles. The molecule has 0 unspecified atom stereocenters. The first kappa shape index (κ1) is 25.8. The molecule has 1 amide bonds. The van der Waals surface area contributed by atoms with Gasteiger partial charge in [-0.2, -0.15) is 0 Å². The number of carbonyl (C=O) groups is 1. The van der Waals surface area contributed by atoms with E-state index in [4.69, 9.17) is 21.3 Å². The van der Waals surface area contributed by atoms with Crippen molar-refractivity contribution in [3.63, 3.8) is 0 Å². The van der Waals surface area contributed by atoms with Gasteiger partial charge in [-0.1, -0.05) is 60.1 Å². The van der Waals surface area contributed by atoms with Crippen molar-refractivity contribution in [2.45, 2.75) is 6.61 Å². The van der Waals surface area contributed by atoms with Gasteiger partial charge in [0.15, 0.2) is 5.17 Å². The van der Waals surface area contributed by atoms with Crippen molar-refractivity contribution >= 4 is 83.7 Å². The quantitative estimate of drug-likeness (QED) is 0.195. The molecular formula is C29H19Br2ClN2O2S. The van der Waals surface area contributed by atoms with Crippen molar-refractivity contribution in [3.05, 3.63) is 127 Å². The van der Waals surface area contributed by atoms with Crippen molar-refractivity contribution < 1.29 is 9.53 Å². The first-order valence-electron chi connectivity index (χ1n) is 11.3. The minimum absolute atomic E-state index is 0.124. The number of rotatable bonds is 6. The number of thioether (sulfide) groups is 1. The lowest BCUT2D eigenvalue weighted by Crippen LogP contribution is -2.28. The van der Waals surface area contributed by atoms with Crippen molar-refractivity contribution in [3.8, 4) is 5.75 Å². The average Bonchev–Trinajstić information content (AvgIpc) is 3.19. The largest absolute Gasteiger partial charge is 0.487 e. The van der Waals surface area contributed by atoms with Crippen LogP contribution < -0.4 is 9.64 Å². The van der Waals surface area contributed by atoms with Crippen LogP contribution >= 0.6 is 55.2 Å². The lowest BCUT2D eigenvalue weighted by atomic mass is 10.2. The molecule has 184 valence electrons. The van der Waals surface area contributed by atoms with Crippen molar-refractivity contribution in [2.75, 3.05) is 4.90 Å². The van der Waals surface area contributed by atoms with Gasteiger partial charge in [-0.25, -0.2) is 4.99 Å². The standard InChI is InChI=1S/C29H19Br2ClN2O2S/c30-24-15-20(16-25(31)27(24)36-18-19-11-13-21(32)14-12-19)17-26-28(35)34(23-9-5-2-6-10-23)29(37-26)33-22-7-3-1-4-8-22/h1-17H,18H2/b26-17+,33-29?. The highest BCUT2D eigenvalue weighted by molar-refractivity contribution is 9.11. The van der Waals surface area contributed by atoms with Crippen LogP contribution in [-0.4, -0.2) is 11.1 Å². The molecule has 1 aliphatic rings. The maximum atomic E-state index is 13.5. The topological polar surface area (TPSA) is 41.9 Å². The Bertz CT molecular complexity index is 1470. The number of halogens is 3. The van der Waals surface area contributed by atoms with E-state index in [1.54, 1.807) is 4.90 Å². The molecule has 0 aromatic heterocycles. The number of nitrogens with zero attached hydrogens (tertiary/aromatic N) is 2. The van der Waals surface area contributed by atoms with Crippen molar-refractivity contribution in [2.24, 2.45) is 4.99 Å². The number of para-hydroxylation sites is 2. The number of ether oxygens (including phenoxy) is 1. The number of hydrogen-bond acceptors (Lipinski definition) is 4. The molecule has 4 aromatic rings. The van der Waals surface area contributed by atoms with Crippen LogP contribution in [0.25, 0.3) is 6.08 Å². The van der Waals surface area contributed by atoms with E-state index in [2.05, 4.69) is 31.9 Å². The number of amidine groups is 1. The molecule has 37 heavy (non-hydrogen) atoms. The van der Waals surface area contributed by atoms with Gasteiger partial charge in [0.1, 0.15) is 12.4 Å². The zero-order valence-electron chi connectivity index (χ0n) is 19.3. The highest BCUT2D eigenvalue weighted by Crippen LogP contribution is 2.40. The van der Waals surface area contributed by atoms with Gasteiger partial charge in [0.2, 0.25) is 0 Å². The molecule has 1 fully saturated rings. The molecule has 0 aliphatic carbocycles. The average molecular weight is 655 g/mol. The molecule has 0 atom stereocenters. The smallest absolute Gasteiger partial charge is 0.271 e. The highest BCUT2D eigenvalue weighted by Gasteiger charge is 2.34. The minimum Gasteiger partial charge on any atom is -0.487 e. The highest BCUT2D eigenvalue weighted by atomic mass is 79.9. The van der Waals surface area contributed by atoms with Crippen LogP contribution in [0.2, 0.25) is 5.02 Å². The van der Waals surface area contributed by atoms with Gasteiger partial charge in [0, 0.05) is 5.02 Å². The monoisotopic (exact) mass is 652 g/mol. The second kappa shape index (κ2) is 11.7. The summed E-state index contributed by atoms with van der Waals surface area (Å²) in [5.41, 5.74) is 3.41. The fourth-order valence-corrected chi connectivity index (χ4v) is 6.23. The third kappa shape index (κ3) is 6.18. The summed E-state index contributed by atoms with van der Waals surface area (Å²) in [7, 11) is 0. The number of carbonyl (C=O) groups excluding carboxylic acids is 1. The molecule has 5 rings (SSSR count). The Morgan fingerprint density at radius 2 is 1.51 bits per heavy atom. The van der Waals surface area contributed by atoms with E-state index >= 15 is 0 Å². The molecule has 8 heteroatoms. The predicted octanol–water partition coefficient (Wildman–Crippen LogP) is 9.25. The van der Waals surface area contributed by atoms with Crippen LogP contribution in [0.1, 0.15) is 11.1 Å². The predicted molar refractivity (Wildman–Crippen MR) is 161 cm³/mol. The summed E-state index contributed by atoms with van der Waals surface area (Å²) in [5.74, 6) is 0.556. The summed E-state index contributed by atoms with van der Waals surface area (Å²) in [6.45, 7) is 0.397. The molecule has 0 N–H and O–H groups in total. The van der Waals surface area contributed by atoms with Gasteiger partial charge < -0.3 is 4.74 Å². The molecule has 0 spiro atoms. The van der Waals surface area contributed by atoms with Crippen LogP contribution in [0, 0.1) is 0 Å².